The van der Waals surface area contributed by atoms with Crippen molar-refractivity contribution in [2.24, 2.45) is 0 Å². The lowest BCUT2D eigenvalue weighted by Crippen LogP contribution is -2.43. The van der Waals surface area contributed by atoms with Crippen LogP contribution in [0.2, 0.25) is 0 Å². The number of rotatable bonds is 24. The Labute approximate surface area is 210 Å². The van der Waals surface area contributed by atoms with Gasteiger partial charge in [0.05, 0.1) is 27.6 Å². The zero-order chi connectivity index (χ0) is 25.5. The molecular formula is C29H56NO4+. The standard InChI is InChI=1S/C29H55NO4/c1-5-6-7-8-9-10-11-12-13-14-15-16-17-18-19-20-21-22-23-24-29(33)34-27(25-28(31)32)26-30(2,3)4/h12-13,27H,5-11,14-26H2,1-4H3/p+1/b13-12-. The van der Waals surface area contributed by atoms with E-state index in [4.69, 9.17) is 9.84 Å². The molecule has 34 heavy (non-hydrogen) atoms. The van der Waals surface area contributed by atoms with Crippen LogP contribution >= 0.6 is 0 Å². The van der Waals surface area contributed by atoms with Crippen LogP contribution in [0.25, 0.3) is 0 Å². The number of hydrogen-bond donors (Lipinski definition) is 1. The molecule has 1 N–H and O–H groups in total. The molecule has 0 fully saturated rings. The number of carboxylic acid groups (broad SMARTS) is 1. The smallest absolute Gasteiger partial charge is 0.307 e. The molecule has 0 spiro atoms. The second-order valence-corrected chi connectivity index (χ2v) is 10.9. The van der Waals surface area contributed by atoms with E-state index in [-0.39, 0.29) is 12.4 Å². The molecule has 5 nitrogen and oxygen atoms in total. The average Bonchev–Trinajstić information content (AvgIpc) is 2.73. The van der Waals surface area contributed by atoms with Crippen molar-refractivity contribution in [3.63, 3.8) is 0 Å². The molecule has 0 rings (SSSR count). The van der Waals surface area contributed by atoms with Crippen LogP contribution < -0.4 is 0 Å². The SMILES string of the molecule is CCCCCCCC/C=C\CCCCCCCCCCCC(=O)OC(CC(=O)O)C[N+](C)(C)C. The van der Waals surface area contributed by atoms with Gasteiger partial charge in [0, 0.05) is 6.42 Å². The van der Waals surface area contributed by atoms with Crippen molar-refractivity contribution < 1.29 is 23.9 Å². The molecule has 0 aromatic heterocycles. The lowest BCUT2D eigenvalue weighted by Gasteiger charge is -2.28. The van der Waals surface area contributed by atoms with Crippen molar-refractivity contribution in [2.45, 2.75) is 135 Å². The van der Waals surface area contributed by atoms with Crippen LogP contribution in [0, 0.1) is 0 Å². The zero-order valence-corrected chi connectivity index (χ0v) is 23.0. The number of ether oxygens (including phenoxy) is 1. The Kier molecular flexibility index (Phi) is 21.2. The van der Waals surface area contributed by atoms with E-state index in [1.54, 1.807) is 0 Å². The molecule has 0 saturated carbocycles. The van der Waals surface area contributed by atoms with Crippen molar-refractivity contribution in [1.82, 2.24) is 0 Å². The molecule has 0 heterocycles. The Balaban J connectivity index is 3.52. The van der Waals surface area contributed by atoms with Crippen LogP contribution in [0.15, 0.2) is 12.2 Å². The molecular weight excluding hydrogens is 426 g/mol. The van der Waals surface area contributed by atoms with Crippen LogP contribution in [0.5, 0.6) is 0 Å². The first-order valence-electron chi connectivity index (χ1n) is 14.1. The summed E-state index contributed by atoms with van der Waals surface area (Å²) in [5.41, 5.74) is 0. The maximum Gasteiger partial charge on any atom is 0.307 e. The van der Waals surface area contributed by atoms with Crippen molar-refractivity contribution in [1.29, 1.82) is 0 Å². The summed E-state index contributed by atoms with van der Waals surface area (Å²) in [5.74, 6) is -1.19. The van der Waals surface area contributed by atoms with E-state index in [2.05, 4.69) is 19.1 Å². The number of nitrogens with zero attached hydrogens (tertiary/aromatic N) is 1. The first-order valence-corrected chi connectivity index (χ1v) is 14.1. The summed E-state index contributed by atoms with van der Waals surface area (Å²) in [4.78, 5) is 23.1. The van der Waals surface area contributed by atoms with Crippen molar-refractivity contribution in [3.05, 3.63) is 12.2 Å². The third-order valence-corrected chi connectivity index (χ3v) is 6.09. The molecule has 0 aliphatic rings. The van der Waals surface area contributed by atoms with E-state index in [0.717, 1.165) is 19.3 Å². The maximum atomic E-state index is 12.1. The number of allylic oxidation sites excluding steroid dienone is 2. The molecule has 0 bridgehead atoms. The molecule has 0 saturated heterocycles. The van der Waals surface area contributed by atoms with Gasteiger partial charge < -0.3 is 14.3 Å². The molecule has 0 aliphatic heterocycles. The van der Waals surface area contributed by atoms with Crippen molar-refractivity contribution >= 4 is 11.9 Å². The lowest BCUT2D eigenvalue weighted by atomic mass is 10.1. The summed E-state index contributed by atoms with van der Waals surface area (Å²) in [6.07, 6.45) is 26.0. The number of hydrogen-bond acceptors (Lipinski definition) is 3. The molecule has 1 unspecified atom stereocenters. The van der Waals surface area contributed by atoms with Gasteiger partial charge in [0.1, 0.15) is 6.54 Å². The highest BCUT2D eigenvalue weighted by Crippen LogP contribution is 2.13. The summed E-state index contributed by atoms with van der Waals surface area (Å²) in [7, 11) is 5.91. The predicted molar refractivity (Wildman–Crippen MR) is 143 cm³/mol. The van der Waals surface area contributed by atoms with Gasteiger partial charge in [0.2, 0.25) is 0 Å². The number of carbonyl (C=O) groups is 2. The van der Waals surface area contributed by atoms with Gasteiger partial charge in [-0.05, 0) is 32.1 Å². The van der Waals surface area contributed by atoms with Crippen LogP contribution in [-0.4, -0.2) is 55.3 Å². The van der Waals surface area contributed by atoms with E-state index in [1.165, 1.54) is 89.9 Å². The van der Waals surface area contributed by atoms with Crippen LogP contribution in [0.1, 0.15) is 129 Å². The Morgan fingerprint density at radius 2 is 1.18 bits per heavy atom. The Morgan fingerprint density at radius 3 is 1.62 bits per heavy atom. The molecule has 0 aromatic rings. The van der Waals surface area contributed by atoms with Gasteiger partial charge in [-0.25, -0.2) is 0 Å². The van der Waals surface area contributed by atoms with Gasteiger partial charge in [-0.15, -0.1) is 0 Å². The minimum absolute atomic E-state index is 0.128. The van der Waals surface area contributed by atoms with E-state index in [9.17, 15) is 9.59 Å². The number of likely N-dealkylation sites (N-methyl/N-ethyl adjacent to an activating group) is 1. The first-order chi connectivity index (χ1) is 16.2. The normalized spacial score (nSPS) is 12.8. The molecule has 0 radical (unpaired) electrons. The molecule has 0 aromatic carbocycles. The predicted octanol–water partition coefficient (Wildman–Crippen LogP) is 7.68. The highest BCUT2D eigenvalue weighted by atomic mass is 16.5. The van der Waals surface area contributed by atoms with Gasteiger partial charge >= 0.3 is 11.9 Å². The number of aliphatic carboxylic acids is 1. The van der Waals surface area contributed by atoms with E-state index < -0.39 is 12.1 Å². The Morgan fingerprint density at radius 1 is 0.735 bits per heavy atom. The second-order valence-electron chi connectivity index (χ2n) is 10.9. The van der Waals surface area contributed by atoms with E-state index in [1.807, 2.05) is 21.1 Å². The number of carbonyl (C=O) groups excluding carboxylic acids is 1. The summed E-state index contributed by atoms with van der Waals surface area (Å²) < 4.78 is 6.00. The topological polar surface area (TPSA) is 63.6 Å². The fourth-order valence-corrected chi connectivity index (χ4v) is 4.24. The van der Waals surface area contributed by atoms with Crippen molar-refractivity contribution in [2.75, 3.05) is 27.7 Å². The highest BCUT2D eigenvalue weighted by Gasteiger charge is 2.24. The maximum absolute atomic E-state index is 12.1. The third kappa shape index (κ3) is 25.3. The summed E-state index contributed by atoms with van der Waals surface area (Å²) in [5, 5.41) is 9.04. The molecule has 0 amide bonds. The van der Waals surface area contributed by atoms with Gasteiger partial charge in [-0.1, -0.05) is 96.1 Å². The average molecular weight is 483 g/mol. The quantitative estimate of drug-likeness (QED) is 0.0663. The second kappa shape index (κ2) is 22.1. The highest BCUT2D eigenvalue weighted by molar-refractivity contribution is 5.71. The molecule has 0 aliphatic carbocycles. The van der Waals surface area contributed by atoms with Gasteiger partial charge in [0.25, 0.3) is 0 Å². The lowest BCUT2D eigenvalue weighted by molar-refractivity contribution is -0.873. The first kappa shape index (κ1) is 32.6. The minimum Gasteiger partial charge on any atom is -0.481 e. The summed E-state index contributed by atoms with van der Waals surface area (Å²) >= 11 is 0. The Bertz CT molecular complexity index is 525. The van der Waals surface area contributed by atoms with E-state index in [0.29, 0.717) is 17.4 Å². The Hall–Kier alpha value is -1.36. The number of unbranched alkanes of at least 4 members (excludes halogenated alkanes) is 15. The monoisotopic (exact) mass is 482 g/mol. The number of quaternary nitrogens is 1. The fourth-order valence-electron chi connectivity index (χ4n) is 4.24. The van der Waals surface area contributed by atoms with Gasteiger partial charge in [-0.3, -0.25) is 9.59 Å². The summed E-state index contributed by atoms with van der Waals surface area (Å²) in [6.45, 7) is 2.78. The van der Waals surface area contributed by atoms with Gasteiger partial charge in [-0.2, -0.15) is 0 Å². The zero-order valence-electron chi connectivity index (χ0n) is 23.0. The van der Waals surface area contributed by atoms with Crippen LogP contribution in [0.3, 0.4) is 0 Å². The largest absolute Gasteiger partial charge is 0.481 e. The van der Waals surface area contributed by atoms with Crippen LogP contribution in [-0.2, 0) is 14.3 Å². The van der Waals surface area contributed by atoms with Crippen molar-refractivity contribution in [3.8, 4) is 0 Å². The minimum atomic E-state index is -0.925. The van der Waals surface area contributed by atoms with Gasteiger partial charge in [0.15, 0.2) is 6.10 Å². The summed E-state index contributed by atoms with van der Waals surface area (Å²) in [6, 6.07) is 0. The fraction of sp³-hybridized carbons (Fsp3) is 0.862. The van der Waals surface area contributed by atoms with Crippen LogP contribution in [0.4, 0.5) is 0 Å². The molecule has 200 valence electrons. The molecule has 5 heteroatoms. The molecule has 1 atom stereocenters. The number of carboxylic acids is 1. The number of esters is 1. The van der Waals surface area contributed by atoms with E-state index >= 15 is 0 Å². The third-order valence-electron chi connectivity index (χ3n) is 6.09.